The van der Waals surface area contributed by atoms with Gasteiger partial charge in [0.1, 0.15) is 0 Å². The van der Waals surface area contributed by atoms with Gasteiger partial charge in [-0.25, -0.2) is 0 Å². The highest BCUT2D eigenvalue weighted by atomic mass is 28.4. The molecule has 0 aliphatic carbocycles. The molecule has 1 unspecified atom stereocenters. The number of para-hydroxylation sites is 1. The lowest BCUT2D eigenvalue weighted by atomic mass is 9.82. The minimum Gasteiger partial charge on any atom is -0.432 e. The Morgan fingerprint density at radius 2 is 1.72 bits per heavy atom. The van der Waals surface area contributed by atoms with E-state index >= 15 is 0 Å². The summed E-state index contributed by atoms with van der Waals surface area (Å²) in [5.74, 6) is -1.25. The maximum absolute atomic E-state index is 15.0. The lowest BCUT2D eigenvalue weighted by Gasteiger charge is -2.32. The Bertz CT molecular complexity index is 2160. The van der Waals surface area contributed by atoms with Gasteiger partial charge in [-0.3, -0.25) is 29.3 Å². The van der Waals surface area contributed by atoms with Crippen LogP contribution < -0.4 is 9.80 Å². The topological polar surface area (TPSA) is 164 Å². The lowest BCUT2D eigenvalue weighted by Crippen LogP contribution is -2.46. The van der Waals surface area contributed by atoms with Crippen LogP contribution in [0.25, 0.3) is 0 Å². The number of nitrogens with zero attached hydrogens (tertiary/aromatic N) is 6. The number of nitro benzene ring substituents is 1. The molecule has 2 amide bonds. The molecule has 13 nitrogen and oxygen atoms in total. The Labute approximate surface area is 313 Å². The van der Waals surface area contributed by atoms with Crippen LogP contribution in [0.15, 0.2) is 109 Å². The van der Waals surface area contributed by atoms with E-state index in [1.54, 1.807) is 21.8 Å². The molecular formula is C40H42N6O7Si. The number of anilines is 3. The maximum Gasteiger partial charge on any atom is 0.269 e. The zero-order valence-corrected chi connectivity index (χ0v) is 31.2. The highest BCUT2D eigenvalue weighted by Gasteiger charge is 2.66. The molecule has 1 fully saturated rings. The third kappa shape index (κ3) is 6.62. The number of ether oxygens (including phenoxy) is 1. The van der Waals surface area contributed by atoms with Crippen molar-refractivity contribution in [3.8, 4) is 0 Å². The van der Waals surface area contributed by atoms with Gasteiger partial charge in [0.25, 0.3) is 11.6 Å². The van der Waals surface area contributed by atoms with Gasteiger partial charge >= 0.3 is 0 Å². The third-order valence-electron chi connectivity index (χ3n) is 10.8. The molecule has 2 N–H and O–H groups in total. The largest absolute Gasteiger partial charge is 0.432 e. The SMILES string of the molecule is C[C@H]1[C@H]([Si](C)(C)O)[C@@H](CCn2cc(C(CO)c3ccccc3)nn2)O[C@]12C(=O)N(Cc1cccc(N(C=O)c3ccccc3)c1)c1ccc([N+](=O)[O-])cc12. The van der Waals surface area contributed by atoms with Crippen molar-refractivity contribution in [2.45, 2.75) is 62.7 Å². The van der Waals surface area contributed by atoms with Crippen LogP contribution in [0.1, 0.15) is 41.6 Å². The number of aryl methyl sites for hydroxylation is 1. The normalized spacial score (nSPS) is 21.3. The van der Waals surface area contributed by atoms with E-state index in [1.807, 2.05) is 105 Å². The fourth-order valence-electron chi connectivity index (χ4n) is 8.35. The highest BCUT2D eigenvalue weighted by Crippen LogP contribution is 2.60. The number of hydrogen-bond donors (Lipinski definition) is 2. The van der Waals surface area contributed by atoms with Crippen molar-refractivity contribution < 1.29 is 29.2 Å². The summed E-state index contributed by atoms with van der Waals surface area (Å²) in [5.41, 5.74) is 2.27. The number of non-ortho nitro benzene ring substituents is 1. The molecule has 4 aromatic carbocycles. The van der Waals surface area contributed by atoms with E-state index in [9.17, 15) is 29.6 Å². The summed E-state index contributed by atoms with van der Waals surface area (Å²) in [6.45, 7) is 5.87. The van der Waals surface area contributed by atoms with E-state index in [0.29, 0.717) is 41.3 Å². The number of nitro groups is 1. The van der Waals surface area contributed by atoms with Crippen LogP contribution in [-0.4, -0.2) is 63.2 Å². The summed E-state index contributed by atoms with van der Waals surface area (Å²) in [5, 5.41) is 30.9. The number of rotatable bonds is 13. The van der Waals surface area contributed by atoms with Crippen LogP contribution in [0.2, 0.25) is 18.6 Å². The van der Waals surface area contributed by atoms with Gasteiger partial charge in [0.05, 0.1) is 41.5 Å². The summed E-state index contributed by atoms with van der Waals surface area (Å²) in [4.78, 5) is 53.6. The van der Waals surface area contributed by atoms with Crippen molar-refractivity contribution in [1.82, 2.24) is 15.0 Å². The van der Waals surface area contributed by atoms with Crippen LogP contribution in [0.3, 0.4) is 0 Å². The van der Waals surface area contributed by atoms with Crippen LogP contribution in [0.4, 0.5) is 22.7 Å². The van der Waals surface area contributed by atoms with Gasteiger partial charge in [-0.05, 0) is 61.0 Å². The smallest absolute Gasteiger partial charge is 0.269 e. The Morgan fingerprint density at radius 1 is 1.02 bits per heavy atom. The molecule has 3 heterocycles. The van der Waals surface area contributed by atoms with Crippen molar-refractivity contribution in [3.63, 3.8) is 0 Å². The van der Waals surface area contributed by atoms with Gasteiger partial charge in [-0.1, -0.05) is 72.8 Å². The van der Waals surface area contributed by atoms with Crippen molar-refractivity contribution in [3.05, 3.63) is 142 Å². The number of fused-ring (bicyclic) bond motifs is 2. The van der Waals surface area contributed by atoms with E-state index in [1.165, 1.54) is 17.0 Å². The number of aliphatic hydroxyl groups is 1. The van der Waals surface area contributed by atoms with Crippen LogP contribution in [-0.2, 0) is 33.0 Å². The van der Waals surface area contributed by atoms with E-state index in [2.05, 4.69) is 10.3 Å². The van der Waals surface area contributed by atoms with Gasteiger partial charge in [0.15, 0.2) is 13.9 Å². The average molecular weight is 747 g/mol. The summed E-state index contributed by atoms with van der Waals surface area (Å²) in [6, 6.07) is 30.5. The maximum atomic E-state index is 15.0. The van der Waals surface area contributed by atoms with Crippen molar-refractivity contribution in [2.75, 3.05) is 16.4 Å². The Balaban J connectivity index is 1.21. The fraction of sp³-hybridized carbons (Fsp3) is 0.300. The first kappa shape index (κ1) is 36.8. The molecule has 1 spiro atoms. The van der Waals surface area contributed by atoms with Gasteiger partial charge in [-0.15, -0.1) is 5.10 Å². The number of hydrogen-bond acceptors (Lipinski definition) is 9. The molecule has 0 bridgehead atoms. The quantitative estimate of drug-likeness (QED) is 0.0633. The van der Waals surface area contributed by atoms with Crippen molar-refractivity contribution in [2.24, 2.45) is 5.92 Å². The molecule has 1 saturated heterocycles. The monoisotopic (exact) mass is 746 g/mol. The van der Waals surface area contributed by atoms with Crippen LogP contribution >= 0.6 is 0 Å². The molecular weight excluding hydrogens is 705 g/mol. The first-order valence-electron chi connectivity index (χ1n) is 17.9. The average Bonchev–Trinajstić information content (AvgIpc) is 3.82. The van der Waals surface area contributed by atoms with E-state index in [0.717, 1.165) is 17.5 Å². The van der Waals surface area contributed by atoms with E-state index in [-0.39, 0.29) is 30.7 Å². The molecule has 5 atom stereocenters. The molecule has 7 rings (SSSR count). The summed E-state index contributed by atoms with van der Waals surface area (Å²) in [6.07, 6.45) is 2.32. The van der Waals surface area contributed by atoms with Gasteiger partial charge < -0.3 is 19.5 Å². The van der Waals surface area contributed by atoms with Gasteiger partial charge in [-0.2, -0.15) is 0 Å². The number of aromatic nitrogens is 3. The third-order valence-corrected chi connectivity index (χ3v) is 13.3. The number of carbonyl (C=O) groups excluding carboxylic acids is 2. The molecule has 5 aromatic rings. The second-order valence-electron chi connectivity index (χ2n) is 14.5. The fourth-order valence-corrected chi connectivity index (χ4v) is 11.0. The second kappa shape index (κ2) is 14.7. The van der Waals surface area contributed by atoms with Gasteiger partial charge in [0.2, 0.25) is 6.41 Å². The molecule has 0 radical (unpaired) electrons. The van der Waals surface area contributed by atoms with E-state index < -0.39 is 36.4 Å². The molecule has 54 heavy (non-hydrogen) atoms. The predicted octanol–water partition coefficient (Wildman–Crippen LogP) is 6.04. The summed E-state index contributed by atoms with van der Waals surface area (Å²) in [7, 11) is -3.03. The number of carbonyl (C=O) groups is 2. The second-order valence-corrected chi connectivity index (χ2v) is 18.5. The summed E-state index contributed by atoms with van der Waals surface area (Å²) >= 11 is 0. The van der Waals surface area contributed by atoms with Crippen LogP contribution in [0.5, 0.6) is 0 Å². The first-order chi connectivity index (χ1) is 26.0. The zero-order valence-electron chi connectivity index (χ0n) is 30.2. The Kier molecular flexibility index (Phi) is 10.0. The first-order valence-corrected chi connectivity index (χ1v) is 20.9. The van der Waals surface area contributed by atoms with E-state index in [4.69, 9.17) is 4.74 Å². The zero-order chi connectivity index (χ0) is 38.2. The highest BCUT2D eigenvalue weighted by molar-refractivity contribution is 6.71. The molecule has 14 heteroatoms. The van der Waals surface area contributed by atoms with Crippen molar-refractivity contribution in [1.29, 1.82) is 0 Å². The standard InChI is InChI=1S/C40H42N6O7Si/c1-27-38(54(2,3)52)37(19-20-43-24-35(41-42-43)33(25-47)29-12-6-4-7-13-29)53-40(27)34-22-32(46(50)51)17-18-36(34)44(39(40)49)23-28-11-10-16-31(21-28)45(26-48)30-14-8-5-9-15-30/h4-18,21-22,24,26-27,33,37-38,47,52H,19-20,23,25H2,1-3H3/t27-,33?,37+,38-,40+/m0/s1. The number of amides is 2. The lowest BCUT2D eigenvalue weighted by molar-refractivity contribution is -0.385. The Morgan fingerprint density at radius 3 is 2.39 bits per heavy atom. The molecule has 2 aliphatic heterocycles. The minimum atomic E-state index is -3.03. The number of aliphatic hydroxyl groups excluding tert-OH is 1. The summed E-state index contributed by atoms with van der Waals surface area (Å²) < 4.78 is 8.59. The minimum absolute atomic E-state index is 0.112. The van der Waals surface area contributed by atoms with Gasteiger partial charge in [0, 0.05) is 53.3 Å². The molecule has 1 aromatic heterocycles. The number of benzene rings is 4. The molecule has 0 saturated carbocycles. The predicted molar refractivity (Wildman–Crippen MR) is 205 cm³/mol. The Hall–Kier alpha value is -5.54. The molecule has 2 aliphatic rings. The van der Waals surface area contributed by atoms with Crippen LogP contribution in [0, 0.1) is 16.0 Å². The molecule has 278 valence electrons. The van der Waals surface area contributed by atoms with Crippen molar-refractivity contribution >= 4 is 43.4 Å².